The molecule has 0 saturated heterocycles. The summed E-state index contributed by atoms with van der Waals surface area (Å²) in [6.45, 7) is 11.2. The molecule has 4 nitrogen and oxygen atoms in total. The minimum absolute atomic E-state index is 0.383. The lowest BCUT2D eigenvalue weighted by Crippen LogP contribution is -2.07. The fraction of sp³-hybridized carbons (Fsp3) is 0.273. The molecule has 0 N–H and O–H groups in total. The van der Waals surface area contributed by atoms with Crippen LogP contribution in [-0.2, 0) is 18.9 Å². The van der Waals surface area contributed by atoms with Crippen LogP contribution < -0.4 is 4.74 Å². The Hall–Kier alpha value is -2.53. The highest BCUT2D eigenvalue weighted by atomic mass is 32.2. The Morgan fingerprint density at radius 2 is 1.85 bits per heavy atom. The van der Waals surface area contributed by atoms with Crippen molar-refractivity contribution >= 4 is 11.8 Å². The van der Waals surface area contributed by atoms with Gasteiger partial charge in [-0.2, -0.15) is 0 Å². The molecule has 1 heterocycles. The number of allylic oxidation sites excluding steroid dienone is 1. The van der Waals surface area contributed by atoms with E-state index in [0.717, 1.165) is 22.5 Å². The van der Waals surface area contributed by atoms with Gasteiger partial charge in [-0.15, -0.1) is 16.8 Å². The largest absolute Gasteiger partial charge is 0.486 e. The van der Waals surface area contributed by atoms with E-state index in [0.29, 0.717) is 13.2 Å². The molecular weight excluding hydrogens is 354 g/mol. The third kappa shape index (κ3) is 4.80. The first-order chi connectivity index (χ1) is 13.1. The van der Waals surface area contributed by atoms with Gasteiger partial charge in [-0.1, -0.05) is 48.2 Å². The number of aromatic nitrogens is 3. The molecule has 0 aliphatic heterocycles. The van der Waals surface area contributed by atoms with Crippen molar-refractivity contribution in [1.29, 1.82) is 0 Å². The van der Waals surface area contributed by atoms with Crippen molar-refractivity contribution in [3.05, 3.63) is 83.2 Å². The predicted molar refractivity (Wildman–Crippen MR) is 111 cm³/mol. The second kappa shape index (κ2) is 8.91. The number of aryl methyl sites for hydroxylation is 3. The van der Waals surface area contributed by atoms with Crippen LogP contribution in [0.5, 0.6) is 5.75 Å². The van der Waals surface area contributed by atoms with E-state index in [1.54, 1.807) is 11.8 Å². The summed E-state index contributed by atoms with van der Waals surface area (Å²) < 4.78 is 8.01. The first kappa shape index (κ1) is 19.2. The molecule has 3 rings (SSSR count). The molecule has 1 aromatic heterocycles. The van der Waals surface area contributed by atoms with Crippen LogP contribution in [-0.4, -0.2) is 14.8 Å². The highest BCUT2D eigenvalue weighted by Gasteiger charge is 2.13. The summed E-state index contributed by atoms with van der Waals surface area (Å²) in [5, 5.41) is 9.60. The van der Waals surface area contributed by atoms with Crippen LogP contribution in [0.4, 0.5) is 0 Å². The van der Waals surface area contributed by atoms with Gasteiger partial charge in [0, 0.05) is 12.3 Å². The van der Waals surface area contributed by atoms with Crippen molar-refractivity contribution in [2.45, 2.75) is 44.8 Å². The minimum Gasteiger partial charge on any atom is -0.486 e. The minimum atomic E-state index is 0.383. The molecule has 5 heteroatoms. The maximum absolute atomic E-state index is 5.94. The molecule has 140 valence electrons. The molecule has 0 amide bonds. The lowest BCUT2D eigenvalue weighted by atomic mass is 10.1. The molecule has 0 radical (unpaired) electrons. The Bertz CT molecular complexity index is 933. The summed E-state index contributed by atoms with van der Waals surface area (Å²) in [7, 11) is 0. The Labute approximate surface area is 165 Å². The first-order valence-corrected chi connectivity index (χ1v) is 9.97. The summed E-state index contributed by atoms with van der Waals surface area (Å²) in [6.07, 6.45) is 1.86. The summed E-state index contributed by atoms with van der Waals surface area (Å²) in [5.41, 5.74) is 5.07. The molecule has 0 unspecified atom stereocenters. The topological polar surface area (TPSA) is 39.9 Å². The van der Waals surface area contributed by atoms with Gasteiger partial charge in [-0.05, 0) is 55.2 Å². The van der Waals surface area contributed by atoms with Gasteiger partial charge in [0.05, 0.1) is 0 Å². The van der Waals surface area contributed by atoms with E-state index in [9.17, 15) is 0 Å². The van der Waals surface area contributed by atoms with Gasteiger partial charge in [0.15, 0.2) is 11.0 Å². The average molecular weight is 380 g/mol. The quantitative estimate of drug-likeness (QED) is 0.395. The lowest BCUT2D eigenvalue weighted by molar-refractivity contribution is 0.289. The predicted octanol–water partition coefficient (Wildman–Crippen LogP) is 5.26. The molecule has 0 aliphatic rings. The zero-order chi connectivity index (χ0) is 19.2. The van der Waals surface area contributed by atoms with E-state index in [1.807, 2.05) is 12.1 Å². The van der Waals surface area contributed by atoms with Crippen molar-refractivity contribution < 1.29 is 4.74 Å². The van der Waals surface area contributed by atoms with E-state index in [4.69, 9.17) is 4.74 Å². The maximum atomic E-state index is 5.94. The van der Waals surface area contributed by atoms with Gasteiger partial charge in [-0.25, -0.2) is 0 Å². The second-order valence-corrected chi connectivity index (χ2v) is 7.49. The van der Waals surface area contributed by atoms with Crippen LogP contribution in [0.15, 0.2) is 60.3 Å². The first-order valence-electron chi connectivity index (χ1n) is 8.99. The van der Waals surface area contributed by atoms with Crippen LogP contribution in [0.2, 0.25) is 0 Å². The van der Waals surface area contributed by atoms with Crippen LogP contribution in [0.3, 0.4) is 0 Å². The molecule has 0 aliphatic carbocycles. The number of thioether (sulfide) groups is 1. The molecule has 0 saturated carbocycles. The molecule has 0 atom stereocenters. The fourth-order valence-corrected chi connectivity index (χ4v) is 3.75. The van der Waals surface area contributed by atoms with Crippen LogP contribution >= 0.6 is 11.8 Å². The molecule has 2 aromatic carbocycles. The van der Waals surface area contributed by atoms with Gasteiger partial charge in [0.25, 0.3) is 0 Å². The van der Waals surface area contributed by atoms with E-state index >= 15 is 0 Å². The second-order valence-electron chi connectivity index (χ2n) is 6.55. The molecule has 0 spiro atoms. The Balaban J connectivity index is 1.71. The van der Waals surface area contributed by atoms with E-state index < -0.39 is 0 Å². The van der Waals surface area contributed by atoms with Crippen molar-refractivity contribution in [3.63, 3.8) is 0 Å². The van der Waals surface area contributed by atoms with E-state index in [1.165, 1.54) is 22.3 Å². The van der Waals surface area contributed by atoms with Crippen LogP contribution in [0.25, 0.3) is 0 Å². The zero-order valence-electron chi connectivity index (χ0n) is 16.1. The van der Waals surface area contributed by atoms with Gasteiger partial charge in [0.2, 0.25) is 0 Å². The summed E-state index contributed by atoms with van der Waals surface area (Å²) in [4.78, 5) is 0. The number of hydrogen-bond acceptors (Lipinski definition) is 4. The summed E-state index contributed by atoms with van der Waals surface area (Å²) >= 11 is 1.69. The lowest BCUT2D eigenvalue weighted by Gasteiger charge is -2.10. The molecule has 27 heavy (non-hydrogen) atoms. The maximum Gasteiger partial charge on any atom is 0.191 e. The average Bonchev–Trinajstić information content (AvgIpc) is 3.04. The Morgan fingerprint density at radius 1 is 1.04 bits per heavy atom. The monoisotopic (exact) mass is 379 g/mol. The Kier molecular flexibility index (Phi) is 6.35. The standard InChI is InChI=1S/C22H25N3OS/c1-5-12-25-21(14-26-20-11-10-16(2)18(4)13-20)23-24-22(25)27-15-19-9-7-6-8-17(19)3/h5-11,13H,1,12,14-15H2,2-4H3. The molecule has 0 fully saturated rings. The smallest absolute Gasteiger partial charge is 0.191 e. The Morgan fingerprint density at radius 3 is 2.59 bits per heavy atom. The van der Waals surface area contributed by atoms with Gasteiger partial charge in [-0.3, -0.25) is 4.57 Å². The molecule has 0 bridgehead atoms. The number of nitrogens with zero attached hydrogens (tertiary/aromatic N) is 3. The van der Waals surface area contributed by atoms with Crippen molar-refractivity contribution in [3.8, 4) is 5.75 Å². The summed E-state index contributed by atoms with van der Waals surface area (Å²) in [6, 6.07) is 14.5. The number of ether oxygens (including phenoxy) is 1. The number of benzene rings is 2. The van der Waals surface area contributed by atoms with E-state index in [2.05, 4.69) is 78.5 Å². The van der Waals surface area contributed by atoms with Gasteiger partial charge in [0.1, 0.15) is 12.4 Å². The summed E-state index contributed by atoms with van der Waals surface area (Å²) in [5.74, 6) is 2.51. The SMILES string of the molecule is C=CCn1c(COc2ccc(C)c(C)c2)nnc1SCc1ccccc1C. The van der Waals surface area contributed by atoms with Gasteiger partial charge < -0.3 is 4.74 Å². The van der Waals surface area contributed by atoms with Gasteiger partial charge >= 0.3 is 0 Å². The molecular formula is C22H25N3OS. The highest BCUT2D eigenvalue weighted by molar-refractivity contribution is 7.98. The third-order valence-electron chi connectivity index (χ3n) is 4.57. The highest BCUT2D eigenvalue weighted by Crippen LogP contribution is 2.24. The third-order valence-corrected chi connectivity index (χ3v) is 5.59. The van der Waals surface area contributed by atoms with Crippen molar-refractivity contribution in [1.82, 2.24) is 14.8 Å². The van der Waals surface area contributed by atoms with Crippen molar-refractivity contribution in [2.75, 3.05) is 0 Å². The number of rotatable bonds is 8. The van der Waals surface area contributed by atoms with Crippen molar-refractivity contribution in [2.24, 2.45) is 0 Å². The van der Waals surface area contributed by atoms with E-state index in [-0.39, 0.29) is 0 Å². The molecule has 3 aromatic rings. The van der Waals surface area contributed by atoms with Crippen LogP contribution in [0, 0.1) is 20.8 Å². The fourth-order valence-electron chi connectivity index (χ4n) is 2.71. The normalized spacial score (nSPS) is 10.8. The van der Waals surface area contributed by atoms with Crippen LogP contribution in [0.1, 0.15) is 28.1 Å². The zero-order valence-corrected chi connectivity index (χ0v) is 16.9. The number of hydrogen-bond donors (Lipinski definition) is 0.